The summed E-state index contributed by atoms with van der Waals surface area (Å²) in [5.74, 6) is 1.55. The van der Waals surface area contributed by atoms with Gasteiger partial charge in [-0.1, -0.05) is 24.3 Å². The minimum atomic E-state index is -0.882. The Bertz CT molecular complexity index is 1680. The lowest BCUT2D eigenvalue weighted by atomic mass is 9.95. The predicted octanol–water partition coefficient (Wildman–Crippen LogP) is 3.75. The van der Waals surface area contributed by atoms with E-state index in [9.17, 15) is 30.9 Å². The van der Waals surface area contributed by atoms with Gasteiger partial charge in [0.05, 0.1) is 49.8 Å². The number of aromatic nitrogens is 2. The van der Waals surface area contributed by atoms with Crippen molar-refractivity contribution in [1.82, 2.24) is 19.8 Å². The Morgan fingerprint density at radius 1 is 0.673 bits per heavy atom. The number of pyridine rings is 2. The molecule has 2 aromatic heterocycles. The lowest BCUT2D eigenvalue weighted by molar-refractivity contribution is 0.0550. The molecule has 0 bridgehead atoms. The third-order valence-corrected chi connectivity index (χ3v) is 8.63. The molecule has 12 nitrogen and oxygen atoms in total. The Hall–Kier alpha value is -4.92. The molecule has 12 heteroatoms. The first kappa shape index (κ1) is 39.9. The van der Waals surface area contributed by atoms with Gasteiger partial charge in [0.2, 0.25) is 0 Å². The van der Waals surface area contributed by atoms with Crippen LogP contribution < -0.4 is 9.47 Å². The molecular formula is C40H48N6O6. The first-order valence-corrected chi connectivity index (χ1v) is 17.4. The molecule has 2 heterocycles. The van der Waals surface area contributed by atoms with Gasteiger partial charge >= 0.3 is 0 Å². The Labute approximate surface area is 305 Å². The molecule has 0 fully saturated rings. The van der Waals surface area contributed by atoms with Crippen LogP contribution in [0.4, 0.5) is 0 Å². The predicted molar refractivity (Wildman–Crippen MR) is 196 cm³/mol. The lowest BCUT2D eigenvalue weighted by Crippen LogP contribution is -2.35. The number of aliphatic hydroxyl groups excluding tert-OH is 4. The molecule has 4 rings (SSSR count). The number of benzene rings is 2. The van der Waals surface area contributed by atoms with Crippen molar-refractivity contribution < 1.29 is 29.9 Å². The molecule has 0 spiro atoms. The second kappa shape index (κ2) is 20.8. The van der Waals surface area contributed by atoms with Crippen molar-refractivity contribution in [3.8, 4) is 34.8 Å². The van der Waals surface area contributed by atoms with Gasteiger partial charge in [0, 0.05) is 64.1 Å². The molecule has 2 atom stereocenters. The first-order valence-electron chi connectivity index (χ1n) is 17.4. The van der Waals surface area contributed by atoms with Crippen molar-refractivity contribution in [2.45, 2.75) is 52.0 Å². The quantitative estimate of drug-likeness (QED) is 0.0923. The normalized spacial score (nSPS) is 12.3. The van der Waals surface area contributed by atoms with Crippen molar-refractivity contribution in [3.63, 3.8) is 0 Å². The summed E-state index contributed by atoms with van der Waals surface area (Å²) in [5, 5.41) is 57.5. The summed E-state index contributed by atoms with van der Waals surface area (Å²) in [6.07, 6.45) is 6.01. The summed E-state index contributed by atoms with van der Waals surface area (Å²) in [5.41, 5.74) is 6.73. The van der Waals surface area contributed by atoms with Crippen molar-refractivity contribution in [1.29, 1.82) is 10.5 Å². The van der Waals surface area contributed by atoms with E-state index in [1.165, 1.54) is 12.4 Å². The van der Waals surface area contributed by atoms with Gasteiger partial charge in [0.15, 0.2) is 0 Å². The minimum absolute atomic E-state index is 0.278. The summed E-state index contributed by atoms with van der Waals surface area (Å²) in [6.45, 7) is 7.01. The van der Waals surface area contributed by atoms with Crippen molar-refractivity contribution in [2.24, 2.45) is 0 Å². The third kappa shape index (κ3) is 12.1. The number of hydrogen-bond acceptors (Lipinski definition) is 12. The summed E-state index contributed by atoms with van der Waals surface area (Å²) in [6, 6.07) is 19.7. The van der Waals surface area contributed by atoms with Crippen LogP contribution in [-0.4, -0.2) is 105 Å². The molecule has 0 aliphatic carbocycles. The van der Waals surface area contributed by atoms with E-state index in [2.05, 4.69) is 34.2 Å². The molecule has 4 N–H and O–H groups in total. The van der Waals surface area contributed by atoms with Gasteiger partial charge in [0.1, 0.15) is 23.6 Å². The molecular weight excluding hydrogens is 660 g/mol. The van der Waals surface area contributed by atoms with Gasteiger partial charge in [-0.05, 0) is 84.3 Å². The monoisotopic (exact) mass is 708 g/mol. The fourth-order valence-electron chi connectivity index (χ4n) is 6.03. The van der Waals surface area contributed by atoms with E-state index in [0.717, 1.165) is 44.9 Å². The SMILES string of the molecule is Cc1c(OCCCN(Cc2cncc(C#N)c2)C[C@H](O)CO)cccc1-c1cccc(OCCCN(Cc2cncc(C#N)c2)C[C@H](O)CO)c1C. The van der Waals surface area contributed by atoms with E-state index in [4.69, 9.17) is 9.47 Å². The lowest BCUT2D eigenvalue weighted by Gasteiger charge is -2.25. The van der Waals surface area contributed by atoms with E-state index in [1.54, 1.807) is 24.5 Å². The van der Waals surface area contributed by atoms with Crippen LogP contribution in [0.2, 0.25) is 0 Å². The molecule has 4 aromatic rings. The zero-order valence-corrected chi connectivity index (χ0v) is 29.9. The molecule has 2 aromatic carbocycles. The average Bonchev–Trinajstić information content (AvgIpc) is 3.16. The van der Waals surface area contributed by atoms with E-state index >= 15 is 0 Å². The van der Waals surface area contributed by atoms with Crippen molar-refractivity contribution in [2.75, 3.05) is 52.6 Å². The first-order chi connectivity index (χ1) is 25.2. The summed E-state index contributed by atoms with van der Waals surface area (Å²) < 4.78 is 12.5. The Balaban J connectivity index is 1.34. The van der Waals surface area contributed by atoms with Crippen LogP contribution in [0.1, 0.15) is 46.2 Å². The molecule has 0 unspecified atom stereocenters. The van der Waals surface area contributed by atoms with E-state index < -0.39 is 12.2 Å². The highest BCUT2D eigenvalue weighted by Gasteiger charge is 2.16. The number of hydrogen-bond donors (Lipinski definition) is 4. The zero-order chi connectivity index (χ0) is 37.3. The Kier molecular flexibility index (Phi) is 16.0. The Morgan fingerprint density at radius 2 is 1.10 bits per heavy atom. The summed E-state index contributed by atoms with van der Waals surface area (Å²) in [7, 11) is 0. The molecule has 0 aliphatic rings. The average molecular weight is 709 g/mol. The summed E-state index contributed by atoms with van der Waals surface area (Å²) in [4.78, 5) is 12.3. The molecule has 0 aliphatic heterocycles. The highest BCUT2D eigenvalue weighted by molar-refractivity contribution is 5.74. The zero-order valence-electron chi connectivity index (χ0n) is 29.9. The van der Waals surface area contributed by atoms with Gasteiger partial charge in [-0.2, -0.15) is 10.5 Å². The maximum atomic E-state index is 10.1. The van der Waals surface area contributed by atoms with E-state index in [-0.39, 0.29) is 26.3 Å². The van der Waals surface area contributed by atoms with E-state index in [0.29, 0.717) is 63.4 Å². The van der Waals surface area contributed by atoms with Gasteiger partial charge in [-0.25, -0.2) is 0 Å². The summed E-state index contributed by atoms with van der Waals surface area (Å²) >= 11 is 0. The second-order valence-electron chi connectivity index (χ2n) is 12.8. The van der Waals surface area contributed by atoms with Crippen molar-refractivity contribution >= 4 is 0 Å². The van der Waals surface area contributed by atoms with Gasteiger partial charge < -0.3 is 29.9 Å². The van der Waals surface area contributed by atoms with Crippen LogP contribution in [0.3, 0.4) is 0 Å². The molecule has 0 radical (unpaired) electrons. The fourth-order valence-corrected chi connectivity index (χ4v) is 6.03. The van der Waals surface area contributed by atoms with Gasteiger partial charge in [-0.15, -0.1) is 0 Å². The molecule has 0 amide bonds. The van der Waals surface area contributed by atoms with Gasteiger partial charge in [0.25, 0.3) is 0 Å². The number of nitriles is 2. The number of rotatable bonds is 21. The highest BCUT2D eigenvalue weighted by atomic mass is 16.5. The molecule has 52 heavy (non-hydrogen) atoms. The fraction of sp³-hybridized carbons (Fsp3) is 0.400. The third-order valence-electron chi connectivity index (χ3n) is 8.63. The minimum Gasteiger partial charge on any atom is -0.493 e. The second-order valence-corrected chi connectivity index (χ2v) is 12.8. The molecule has 274 valence electrons. The topological polar surface area (TPSA) is 179 Å². The maximum Gasteiger partial charge on any atom is 0.122 e. The van der Waals surface area contributed by atoms with Crippen molar-refractivity contribution in [3.05, 3.63) is 107 Å². The van der Waals surface area contributed by atoms with Gasteiger partial charge in [-0.3, -0.25) is 19.8 Å². The van der Waals surface area contributed by atoms with Crippen LogP contribution in [0.5, 0.6) is 11.5 Å². The van der Waals surface area contributed by atoms with Crippen LogP contribution in [0.15, 0.2) is 73.3 Å². The van der Waals surface area contributed by atoms with Crippen LogP contribution in [0, 0.1) is 36.5 Å². The molecule has 0 saturated carbocycles. The number of ether oxygens (including phenoxy) is 2. The van der Waals surface area contributed by atoms with Crippen LogP contribution in [0.25, 0.3) is 11.1 Å². The number of nitrogens with zero attached hydrogens (tertiary/aromatic N) is 6. The highest BCUT2D eigenvalue weighted by Crippen LogP contribution is 2.35. The standard InChI is InChI=1S/C40H48N6O6/c1-29-37(7-3-9-39(29)51-13-5-11-45(25-35(49)27-47)23-33-15-31(17-41)19-43-21-33)38-8-4-10-40(30(38)2)52-14-6-12-46(26-36(50)28-48)24-34-16-32(18-42)20-44-22-34/h3-4,7-10,15-16,19-22,35-36,47-50H,5-6,11-14,23-28H2,1-2H3/t35-,36-/m0/s1. The van der Waals surface area contributed by atoms with E-state index in [1.807, 2.05) is 47.9 Å². The maximum absolute atomic E-state index is 10.1. The van der Waals surface area contributed by atoms with Crippen LogP contribution >= 0.6 is 0 Å². The smallest absolute Gasteiger partial charge is 0.122 e. The largest absolute Gasteiger partial charge is 0.493 e. The van der Waals surface area contributed by atoms with Crippen LogP contribution in [-0.2, 0) is 13.1 Å². The Morgan fingerprint density at radius 3 is 1.48 bits per heavy atom. The molecule has 0 saturated heterocycles. The number of aliphatic hydroxyl groups is 4.